The van der Waals surface area contributed by atoms with Crippen LogP contribution in [-0.4, -0.2) is 46.5 Å². The van der Waals surface area contributed by atoms with E-state index in [9.17, 15) is 18.0 Å². The first-order chi connectivity index (χ1) is 16.2. The number of hydrogen-bond donors (Lipinski definition) is 0. The van der Waals surface area contributed by atoms with Gasteiger partial charge in [-0.2, -0.15) is 13.2 Å². The second-order valence-electron chi connectivity index (χ2n) is 8.46. The minimum absolute atomic E-state index is 0.0764. The van der Waals surface area contributed by atoms with Gasteiger partial charge in [0.05, 0.1) is 11.3 Å². The number of carbonyl (C=O) groups is 1. The van der Waals surface area contributed by atoms with Crippen molar-refractivity contribution in [2.75, 3.05) is 31.1 Å². The maximum absolute atomic E-state index is 13.6. The Bertz CT molecular complexity index is 1350. The van der Waals surface area contributed by atoms with Crippen LogP contribution in [0.2, 0.25) is 0 Å². The smallest absolute Gasteiger partial charge is 0.368 e. The van der Waals surface area contributed by atoms with Crippen molar-refractivity contribution >= 4 is 33.1 Å². The number of pyridine rings is 1. The van der Waals surface area contributed by atoms with Gasteiger partial charge in [-0.05, 0) is 55.8 Å². The first-order valence-corrected chi connectivity index (χ1v) is 11.8. The molecule has 0 N–H and O–H groups in total. The molecule has 4 aromatic rings. The molecule has 0 spiro atoms. The maximum atomic E-state index is 13.6. The molecule has 176 valence electrons. The average Bonchev–Trinajstić information content (AvgIpc) is 3.46. The van der Waals surface area contributed by atoms with E-state index >= 15 is 0 Å². The molecule has 9 heteroatoms. The van der Waals surface area contributed by atoms with E-state index in [0.717, 1.165) is 33.2 Å². The number of alkyl halides is 3. The molecule has 5 rings (SSSR count). The highest BCUT2D eigenvalue weighted by Crippen LogP contribution is 2.37. The Morgan fingerprint density at radius 2 is 1.71 bits per heavy atom. The van der Waals surface area contributed by atoms with Crippen LogP contribution in [0.3, 0.4) is 0 Å². The van der Waals surface area contributed by atoms with Crippen LogP contribution in [0, 0.1) is 13.8 Å². The number of nitrogens with zero attached hydrogens (tertiary/aromatic N) is 4. The van der Waals surface area contributed by atoms with Crippen molar-refractivity contribution in [3.63, 3.8) is 0 Å². The normalized spacial score (nSPS) is 14.7. The van der Waals surface area contributed by atoms with E-state index in [1.807, 2.05) is 53.9 Å². The summed E-state index contributed by atoms with van der Waals surface area (Å²) in [4.78, 5) is 23.4. The van der Waals surface area contributed by atoms with Crippen molar-refractivity contribution in [2.45, 2.75) is 20.0 Å². The van der Waals surface area contributed by atoms with E-state index in [1.165, 1.54) is 23.5 Å². The quantitative estimate of drug-likeness (QED) is 0.375. The van der Waals surface area contributed by atoms with Crippen molar-refractivity contribution in [3.8, 4) is 5.69 Å². The molecule has 5 nitrogen and oxygen atoms in total. The molecule has 0 aliphatic carbocycles. The molecule has 1 aliphatic heterocycles. The summed E-state index contributed by atoms with van der Waals surface area (Å²) < 4.78 is 41.3. The standard InChI is InChI=1S/C25H23F3N4OS/c1-16-14-17(2)29-23-20(16)21(31-8-3-4-9-31)22(34-23)24(33)32-12-10-30(11-13-32)19-7-5-6-18(15-19)25(26,27)28/h3-9,14-15H,10-13H2,1-2H3. The van der Waals surface area contributed by atoms with Gasteiger partial charge in [-0.3, -0.25) is 4.79 Å². The van der Waals surface area contributed by atoms with Gasteiger partial charge in [-0.1, -0.05) is 6.07 Å². The van der Waals surface area contributed by atoms with Crippen molar-refractivity contribution in [3.05, 3.63) is 76.6 Å². The Morgan fingerprint density at radius 3 is 2.38 bits per heavy atom. The minimum Gasteiger partial charge on any atom is -0.368 e. The fraction of sp³-hybridized carbons (Fsp3) is 0.280. The summed E-state index contributed by atoms with van der Waals surface area (Å²) in [7, 11) is 0. The second-order valence-corrected chi connectivity index (χ2v) is 9.46. The zero-order chi connectivity index (χ0) is 24.0. The van der Waals surface area contributed by atoms with Crippen molar-refractivity contribution in [1.29, 1.82) is 0 Å². The molecule has 1 aromatic carbocycles. The fourth-order valence-corrected chi connectivity index (χ4v) is 5.75. The van der Waals surface area contributed by atoms with Crippen LogP contribution in [0.4, 0.5) is 18.9 Å². The van der Waals surface area contributed by atoms with Gasteiger partial charge in [-0.25, -0.2) is 4.98 Å². The Labute approximate surface area is 199 Å². The number of hydrogen-bond acceptors (Lipinski definition) is 4. The predicted molar refractivity (Wildman–Crippen MR) is 128 cm³/mol. The molecule has 1 amide bonds. The number of aryl methyl sites for hydroxylation is 2. The van der Waals surface area contributed by atoms with E-state index in [2.05, 4.69) is 4.98 Å². The van der Waals surface area contributed by atoms with Crippen molar-refractivity contribution in [1.82, 2.24) is 14.5 Å². The number of halogens is 3. The zero-order valence-corrected chi connectivity index (χ0v) is 19.6. The van der Waals surface area contributed by atoms with E-state index in [4.69, 9.17) is 0 Å². The lowest BCUT2D eigenvalue weighted by atomic mass is 10.1. The van der Waals surface area contributed by atoms with Crippen LogP contribution in [-0.2, 0) is 6.18 Å². The molecule has 0 saturated carbocycles. The van der Waals surface area contributed by atoms with Gasteiger partial charge < -0.3 is 14.4 Å². The molecule has 0 unspecified atom stereocenters. The minimum atomic E-state index is -4.38. The van der Waals surface area contributed by atoms with Gasteiger partial charge in [0.1, 0.15) is 9.71 Å². The average molecular weight is 485 g/mol. The lowest BCUT2D eigenvalue weighted by Gasteiger charge is -2.36. The van der Waals surface area contributed by atoms with Crippen molar-refractivity contribution < 1.29 is 18.0 Å². The monoisotopic (exact) mass is 484 g/mol. The zero-order valence-electron chi connectivity index (χ0n) is 18.8. The van der Waals surface area contributed by atoms with Gasteiger partial charge in [0.2, 0.25) is 0 Å². The molecule has 0 atom stereocenters. The Balaban J connectivity index is 1.42. The molecule has 0 bridgehead atoms. The van der Waals surface area contributed by atoms with Crippen LogP contribution in [0.25, 0.3) is 15.9 Å². The molecule has 34 heavy (non-hydrogen) atoms. The van der Waals surface area contributed by atoms with Gasteiger partial charge in [0.15, 0.2) is 0 Å². The Hall–Kier alpha value is -3.33. The number of aromatic nitrogens is 2. The van der Waals surface area contributed by atoms with Gasteiger partial charge in [0.25, 0.3) is 5.91 Å². The summed E-state index contributed by atoms with van der Waals surface area (Å²) in [5, 5.41) is 0.970. The fourth-order valence-electron chi connectivity index (χ4n) is 4.49. The highest BCUT2D eigenvalue weighted by Gasteiger charge is 2.32. The molecule has 1 aliphatic rings. The van der Waals surface area contributed by atoms with E-state index in [-0.39, 0.29) is 5.91 Å². The molecular weight excluding hydrogens is 461 g/mol. The molecular formula is C25H23F3N4OS. The first-order valence-electron chi connectivity index (χ1n) is 11.0. The summed E-state index contributed by atoms with van der Waals surface area (Å²) >= 11 is 1.39. The van der Waals surface area contributed by atoms with Gasteiger partial charge >= 0.3 is 6.18 Å². The van der Waals surface area contributed by atoms with Crippen LogP contribution >= 0.6 is 11.3 Å². The lowest BCUT2D eigenvalue weighted by Crippen LogP contribution is -2.48. The molecule has 1 saturated heterocycles. The second kappa shape index (κ2) is 8.47. The van der Waals surface area contributed by atoms with Gasteiger partial charge in [-0.15, -0.1) is 11.3 Å². The van der Waals surface area contributed by atoms with Crippen LogP contribution in [0.1, 0.15) is 26.5 Å². The molecule has 1 fully saturated rings. The molecule has 0 radical (unpaired) electrons. The number of benzene rings is 1. The van der Waals surface area contributed by atoms with Crippen LogP contribution in [0.5, 0.6) is 0 Å². The molecule has 4 heterocycles. The lowest BCUT2D eigenvalue weighted by molar-refractivity contribution is -0.137. The number of anilines is 1. The van der Waals surface area contributed by atoms with Crippen LogP contribution < -0.4 is 4.90 Å². The van der Waals surface area contributed by atoms with Crippen molar-refractivity contribution in [2.24, 2.45) is 0 Å². The number of thiophene rings is 1. The Morgan fingerprint density at radius 1 is 1.00 bits per heavy atom. The maximum Gasteiger partial charge on any atom is 0.416 e. The van der Waals surface area contributed by atoms with E-state index < -0.39 is 11.7 Å². The number of fused-ring (bicyclic) bond motifs is 1. The summed E-state index contributed by atoms with van der Waals surface area (Å²) in [5.74, 6) is -0.0764. The SMILES string of the molecule is Cc1cc(C)c2c(-n3cccc3)c(C(=O)N3CCN(c4cccc(C(F)(F)F)c4)CC3)sc2n1. The topological polar surface area (TPSA) is 41.4 Å². The first kappa shape index (κ1) is 22.5. The van der Waals surface area contributed by atoms with E-state index in [1.54, 1.807) is 11.0 Å². The van der Waals surface area contributed by atoms with Crippen LogP contribution in [0.15, 0.2) is 54.9 Å². The third-order valence-electron chi connectivity index (χ3n) is 6.12. The largest absolute Gasteiger partial charge is 0.416 e. The predicted octanol–water partition coefficient (Wildman–Crippen LogP) is 5.69. The number of piperazine rings is 1. The molecule has 3 aromatic heterocycles. The van der Waals surface area contributed by atoms with Gasteiger partial charge in [0, 0.05) is 55.3 Å². The number of amides is 1. The number of carbonyl (C=O) groups excluding carboxylic acids is 1. The summed E-state index contributed by atoms with van der Waals surface area (Å²) in [6.45, 7) is 5.76. The summed E-state index contributed by atoms with van der Waals surface area (Å²) in [6, 6.07) is 11.2. The summed E-state index contributed by atoms with van der Waals surface area (Å²) in [5.41, 5.74) is 2.66. The third-order valence-corrected chi connectivity index (χ3v) is 7.19. The van der Waals surface area contributed by atoms with E-state index in [0.29, 0.717) is 36.7 Å². The highest BCUT2D eigenvalue weighted by atomic mass is 32.1. The highest BCUT2D eigenvalue weighted by molar-refractivity contribution is 7.21. The third kappa shape index (κ3) is 4.04. The number of rotatable bonds is 3. The summed E-state index contributed by atoms with van der Waals surface area (Å²) in [6.07, 6.45) is -0.541. The Kier molecular flexibility index (Phi) is 5.59.